The van der Waals surface area contributed by atoms with E-state index in [1.807, 2.05) is 18.2 Å². The second-order valence-electron chi connectivity index (χ2n) is 8.87. The number of piperidine rings is 1. The summed E-state index contributed by atoms with van der Waals surface area (Å²) in [5, 5.41) is 12.8. The predicted octanol–water partition coefficient (Wildman–Crippen LogP) is 5.24. The van der Waals surface area contributed by atoms with Crippen LogP contribution in [0.4, 0.5) is 22.4 Å². The minimum Gasteiger partial charge on any atom is -0.465 e. The first-order valence-electron chi connectivity index (χ1n) is 10.8. The molecule has 1 saturated carbocycles. The zero-order chi connectivity index (χ0) is 22.9. The average molecular weight is 450 g/mol. The van der Waals surface area contributed by atoms with Crippen LogP contribution in [0.3, 0.4) is 0 Å². The van der Waals surface area contributed by atoms with Crippen molar-refractivity contribution in [3.05, 3.63) is 71.3 Å². The molecule has 1 saturated heterocycles. The minimum atomic E-state index is -4.43. The summed E-state index contributed by atoms with van der Waals surface area (Å²) in [7, 11) is 0. The lowest BCUT2D eigenvalue weighted by atomic mass is 9.85. The first kappa shape index (κ1) is 22.6. The van der Waals surface area contributed by atoms with E-state index in [4.69, 9.17) is 0 Å². The van der Waals surface area contributed by atoms with Crippen molar-refractivity contribution < 1.29 is 27.5 Å². The number of rotatable bonds is 6. The molecule has 2 N–H and O–H groups in total. The summed E-state index contributed by atoms with van der Waals surface area (Å²) in [4.78, 5) is 12.9. The zero-order valence-corrected chi connectivity index (χ0v) is 17.5. The van der Waals surface area contributed by atoms with Gasteiger partial charge < -0.3 is 15.3 Å². The molecule has 32 heavy (non-hydrogen) atoms. The van der Waals surface area contributed by atoms with E-state index < -0.39 is 29.5 Å². The molecule has 1 heterocycles. The second kappa shape index (κ2) is 8.73. The Morgan fingerprint density at radius 1 is 1.12 bits per heavy atom. The van der Waals surface area contributed by atoms with Crippen LogP contribution in [0.25, 0.3) is 0 Å². The molecular weight excluding hydrogens is 424 g/mol. The van der Waals surface area contributed by atoms with E-state index in [1.54, 1.807) is 0 Å². The molecule has 2 aliphatic rings. The largest absolute Gasteiger partial charge is 0.465 e. The SMILES string of the molecule is O=C(O)N1CCC(F)(CN[C@@H]2C[C@H]2c2ccccc2)CC1Cc1ccc(C(F)(F)F)cc1. The lowest BCUT2D eigenvalue weighted by molar-refractivity contribution is -0.137. The van der Waals surface area contributed by atoms with Gasteiger partial charge in [-0.3, -0.25) is 0 Å². The van der Waals surface area contributed by atoms with Crippen LogP contribution in [0, 0.1) is 0 Å². The van der Waals surface area contributed by atoms with Gasteiger partial charge in [-0.2, -0.15) is 13.2 Å². The maximum Gasteiger partial charge on any atom is 0.416 e. The van der Waals surface area contributed by atoms with Crippen LogP contribution >= 0.6 is 0 Å². The lowest BCUT2D eigenvalue weighted by Crippen LogP contribution is -2.54. The number of nitrogens with one attached hydrogen (secondary N) is 1. The Morgan fingerprint density at radius 2 is 1.81 bits per heavy atom. The Morgan fingerprint density at radius 3 is 2.44 bits per heavy atom. The van der Waals surface area contributed by atoms with E-state index in [0.29, 0.717) is 11.5 Å². The number of hydrogen-bond donors (Lipinski definition) is 2. The van der Waals surface area contributed by atoms with Gasteiger partial charge >= 0.3 is 12.3 Å². The van der Waals surface area contributed by atoms with Gasteiger partial charge in [-0.1, -0.05) is 42.5 Å². The van der Waals surface area contributed by atoms with Crippen molar-refractivity contribution in [2.45, 2.75) is 55.5 Å². The molecule has 4 rings (SSSR count). The van der Waals surface area contributed by atoms with Crippen LogP contribution in [0.1, 0.15) is 41.9 Å². The number of carbonyl (C=O) groups is 1. The number of hydrogen-bond acceptors (Lipinski definition) is 2. The molecular formula is C24H26F4N2O2. The van der Waals surface area contributed by atoms with Crippen molar-refractivity contribution in [1.82, 2.24) is 10.2 Å². The molecule has 2 fully saturated rings. The van der Waals surface area contributed by atoms with Crippen molar-refractivity contribution in [3.8, 4) is 0 Å². The van der Waals surface area contributed by atoms with Gasteiger partial charge in [0.1, 0.15) is 5.67 Å². The Balaban J connectivity index is 1.38. The fraction of sp³-hybridized carbons (Fsp3) is 0.458. The maximum absolute atomic E-state index is 15.7. The smallest absolute Gasteiger partial charge is 0.416 e. The Bertz CT molecular complexity index is 935. The van der Waals surface area contributed by atoms with Gasteiger partial charge in [0.2, 0.25) is 0 Å². The molecule has 2 aromatic carbocycles. The molecule has 0 bridgehead atoms. The fourth-order valence-electron chi connectivity index (χ4n) is 4.64. The monoisotopic (exact) mass is 450 g/mol. The van der Waals surface area contributed by atoms with Gasteiger partial charge in [0.05, 0.1) is 5.56 Å². The summed E-state index contributed by atoms with van der Waals surface area (Å²) in [5.74, 6) is 0.363. The third-order valence-corrected chi connectivity index (χ3v) is 6.54. The number of nitrogens with zero attached hydrogens (tertiary/aromatic N) is 1. The molecule has 0 spiro atoms. The highest BCUT2D eigenvalue weighted by atomic mass is 19.4. The second-order valence-corrected chi connectivity index (χ2v) is 8.87. The molecule has 2 unspecified atom stereocenters. The van der Waals surface area contributed by atoms with E-state index in [-0.39, 0.29) is 38.4 Å². The third-order valence-electron chi connectivity index (χ3n) is 6.54. The van der Waals surface area contributed by atoms with Crippen molar-refractivity contribution in [2.24, 2.45) is 0 Å². The summed E-state index contributed by atoms with van der Waals surface area (Å²) >= 11 is 0. The first-order chi connectivity index (χ1) is 15.1. The van der Waals surface area contributed by atoms with E-state index in [0.717, 1.165) is 18.6 Å². The Labute approximate surface area is 184 Å². The highest BCUT2D eigenvalue weighted by Gasteiger charge is 2.45. The van der Waals surface area contributed by atoms with Crippen LogP contribution in [0.5, 0.6) is 0 Å². The number of halogens is 4. The quantitative estimate of drug-likeness (QED) is 0.592. The molecule has 0 radical (unpaired) electrons. The summed E-state index contributed by atoms with van der Waals surface area (Å²) in [6.07, 6.45) is -4.35. The molecule has 172 valence electrons. The summed E-state index contributed by atoms with van der Waals surface area (Å²) in [5.41, 5.74) is -0.551. The van der Waals surface area contributed by atoms with Crippen molar-refractivity contribution >= 4 is 6.09 Å². The standard InChI is InChI=1S/C24H26F4N2O2/c25-23(15-29-21-13-20(21)17-4-2-1-3-5-17)10-11-30(22(31)32)19(14-23)12-16-6-8-18(9-7-16)24(26,27)28/h1-9,19-21,29H,10-15H2,(H,31,32)/t19?,20-,21+,23?/m0/s1. The van der Waals surface area contributed by atoms with E-state index >= 15 is 4.39 Å². The number of amides is 1. The number of carboxylic acid groups (broad SMARTS) is 1. The van der Waals surface area contributed by atoms with Crippen LogP contribution in [-0.4, -0.2) is 46.9 Å². The highest BCUT2D eigenvalue weighted by Crippen LogP contribution is 2.41. The molecule has 1 aliphatic carbocycles. The lowest BCUT2D eigenvalue weighted by Gasteiger charge is -2.41. The highest BCUT2D eigenvalue weighted by molar-refractivity contribution is 5.65. The molecule has 2 aromatic rings. The van der Waals surface area contributed by atoms with Crippen LogP contribution in [-0.2, 0) is 12.6 Å². The van der Waals surface area contributed by atoms with Gasteiger partial charge in [0.15, 0.2) is 0 Å². The van der Waals surface area contributed by atoms with Crippen molar-refractivity contribution in [1.29, 1.82) is 0 Å². The van der Waals surface area contributed by atoms with Crippen LogP contribution in [0.2, 0.25) is 0 Å². The number of alkyl halides is 4. The minimum absolute atomic E-state index is 0.00997. The van der Waals surface area contributed by atoms with E-state index in [2.05, 4.69) is 17.4 Å². The van der Waals surface area contributed by atoms with Crippen molar-refractivity contribution in [3.63, 3.8) is 0 Å². The van der Waals surface area contributed by atoms with E-state index in [1.165, 1.54) is 22.6 Å². The molecule has 0 aromatic heterocycles. The van der Waals surface area contributed by atoms with Gasteiger partial charge in [0, 0.05) is 43.9 Å². The normalized spacial score (nSPS) is 27.9. The topological polar surface area (TPSA) is 52.6 Å². The maximum atomic E-state index is 15.7. The predicted molar refractivity (Wildman–Crippen MR) is 112 cm³/mol. The van der Waals surface area contributed by atoms with Gasteiger partial charge in [-0.05, 0) is 36.1 Å². The van der Waals surface area contributed by atoms with Gasteiger partial charge in [0.25, 0.3) is 0 Å². The van der Waals surface area contributed by atoms with Crippen LogP contribution in [0.15, 0.2) is 54.6 Å². The molecule has 4 nitrogen and oxygen atoms in total. The Kier molecular flexibility index (Phi) is 6.16. The molecule has 1 amide bonds. The summed E-state index contributed by atoms with van der Waals surface area (Å²) < 4.78 is 54.1. The molecule has 4 atom stereocenters. The van der Waals surface area contributed by atoms with Gasteiger partial charge in [-0.25, -0.2) is 9.18 Å². The number of benzene rings is 2. The third kappa shape index (κ3) is 5.23. The zero-order valence-electron chi connectivity index (χ0n) is 17.5. The molecule has 1 aliphatic heterocycles. The average Bonchev–Trinajstić information content (AvgIpc) is 3.53. The first-order valence-corrected chi connectivity index (χ1v) is 10.8. The van der Waals surface area contributed by atoms with Gasteiger partial charge in [-0.15, -0.1) is 0 Å². The van der Waals surface area contributed by atoms with Crippen LogP contribution < -0.4 is 5.32 Å². The fourth-order valence-corrected chi connectivity index (χ4v) is 4.64. The summed E-state index contributed by atoms with van der Waals surface area (Å²) in [6.45, 7) is 0.198. The van der Waals surface area contributed by atoms with E-state index in [9.17, 15) is 23.1 Å². The Hall–Kier alpha value is -2.61. The van der Waals surface area contributed by atoms with Crippen molar-refractivity contribution in [2.75, 3.05) is 13.1 Å². The number of likely N-dealkylation sites (tertiary alicyclic amines) is 1. The summed E-state index contributed by atoms with van der Waals surface area (Å²) in [6, 6.07) is 14.2. The molecule has 8 heteroatoms.